The number of rotatable bonds is 4. The Labute approximate surface area is 153 Å². The van der Waals surface area contributed by atoms with Crippen molar-refractivity contribution in [3.63, 3.8) is 0 Å². The first-order valence-corrected chi connectivity index (χ1v) is 9.09. The monoisotopic (exact) mass is 349 g/mol. The molecule has 1 fully saturated rings. The van der Waals surface area contributed by atoms with Crippen LogP contribution >= 0.6 is 0 Å². The highest BCUT2D eigenvalue weighted by atomic mass is 16.3. The number of carbonyl (C=O) groups excluding carboxylic acids is 1. The molecule has 0 bridgehead atoms. The quantitative estimate of drug-likeness (QED) is 0.892. The van der Waals surface area contributed by atoms with Crippen molar-refractivity contribution >= 4 is 17.4 Å². The lowest BCUT2D eigenvalue weighted by Gasteiger charge is -2.30. The second kappa shape index (κ2) is 6.83. The predicted octanol–water partition coefficient (Wildman–Crippen LogP) is 3.07. The van der Waals surface area contributed by atoms with Gasteiger partial charge in [-0.25, -0.2) is 4.99 Å². The van der Waals surface area contributed by atoms with E-state index in [2.05, 4.69) is 35.3 Å². The van der Waals surface area contributed by atoms with Gasteiger partial charge in [-0.2, -0.15) is 0 Å². The fourth-order valence-electron chi connectivity index (χ4n) is 3.72. The minimum absolute atomic E-state index is 0.0741. The number of carbonyl (C=O) groups is 1. The summed E-state index contributed by atoms with van der Waals surface area (Å²) < 4.78 is 0. The van der Waals surface area contributed by atoms with E-state index in [1.807, 2.05) is 12.1 Å². The lowest BCUT2D eigenvalue weighted by atomic mass is 10.1. The van der Waals surface area contributed by atoms with Gasteiger partial charge in [-0.1, -0.05) is 29.8 Å². The summed E-state index contributed by atoms with van der Waals surface area (Å²) >= 11 is 0. The highest BCUT2D eigenvalue weighted by Gasteiger charge is 2.36. The molecule has 2 aliphatic heterocycles. The summed E-state index contributed by atoms with van der Waals surface area (Å²) in [5, 5.41) is 12.4. The number of aryl methyl sites for hydroxylation is 1. The van der Waals surface area contributed by atoms with Gasteiger partial charge in [0.25, 0.3) is 0 Å². The normalized spacial score (nSPS) is 18.1. The first kappa shape index (κ1) is 16.6. The Bertz CT molecular complexity index is 858. The Hall–Kier alpha value is -2.82. The average molecular weight is 349 g/mol. The van der Waals surface area contributed by atoms with Crippen LogP contribution in [0.15, 0.2) is 47.5 Å². The first-order valence-electron chi connectivity index (χ1n) is 9.09. The fraction of sp³-hybridized carbons (Fsp3) is 0.333. The average Bonchev–Trinajstić information content (AvgIpc) is 3.04. The minimum Gasteiger partial charge on any atom is -0.508 e. The van der Waals surface area contributed by atoms with Crippen LogP contribution in [0.5, 0.6) is 5.75 Å². The number of phenols is 1. The van der Waals surface area contributed by atoms with Crippen LogP contribution < -0.4 is 5.32 Å². The molecule has 5 heteroatoms. The number of hydrogen-bond acceptors (Lipinski definition) is 4. The Morgan fingerprint density at radius 3 is 2.88 bits per heavy atom. The van der Waals surface area contributed by atoms with Gasteiger partial charge in [-0.15, -0.1) is 0 Å². The molecule has 134 valence electrons. The van der Waals surface area contributed by atoms with Gasteiger partial charge in [0.2, 0.25) is 5.91 Å². The number of amides is 1. The number of aromatic hydroxyl groups is 1. The smallest absolute Gasteiger partial charge is 0.242 e. The zero-order chi connectivity index (χ0) is 18.1. The number of hydrogen-bond donors (Lipinski definition) is 2. The molecule has 0 aliphatic carbocycles. The first-order chi connectivity index (χ1) is 12.6. The van der Waals surface area contributed by atoms with Gasteiger partial charge in [0.05, 0.1) is 5.69 Å². The van der Waals surface area contributed by atoms with E-state index in [9.17, 15) is 9.90 Å². The molecule has 0 spiro atoms. The molecular formula is C21H23N3O2. The molecule has 2 aliphatic rings. The molecule has 26 heavy (non-hydrogen) atoms. The van der Waals surface area contributed by atoms with Crippen LogP contribution in [-0.4, -0.2) is 34.3 Å². The van der Waals surface area contributed by atoms with E-state index in [0.717, 1.165) is 42.9 Å². The van der Waals surface area contributed by atoms with Gasteiger partial charge in [0.15, 0.2) is 0 Å². The van der Waals surface area contributed by atoms with E-state index < -0.39 is 0 Å². The van der Waals surface area contributed by atoms with Gasteiger partial charge in [-0.3, -0.25) is 4.79 Å². The van der Waals surface area contributed by atoms with Crippen molar-refractivity contribution in [2.75, 3.05) is 6.54 Å². The number of aliphatic imine (C=N–C) groups is 1. The molecule has 1 atom stereocenters. The molecule has 2 aromatic rings. The molecule has 2 heterocycles. The number of benzene rings is 2. The largest absolute Gasteiger partial charge is 0.508 e. The van der Waals surface area contributed by atoms with E-state index in [4.69, 9.17) is 4.99 Å². The van der Waals surface area contributed by atoms with Crippen LogP contribution in [0, 0.1) is 6.92 Å². The van der Waals surface area contributed by atoms with Crippen molar-refractivity contribution in [1.29, 1.82) is 0 Å². The molecule has 0 radical (unpaired) electrons. The third-order valence-electron chi connectivity index (χ3n) is 5.13. The van der Waals surface area contributed by atoms with Gasteiger partial charge >= 0.3 is 0 Å². The highest BCUT2D eigenvalue weighted by Crippen LogP contribution is 2.33. The van der Waals surface area contributed by atoms with E-state index in [1.54, 1.807) is 12.1 Å². The van der Waals surface area contributed by atoms with Crippen molar-refractivity contribution in [1.82, 2.24) is 10.2 Å². The number of amidine groups is 1. The van der Waals surface area contributed by atoms with Crippen molar-refractivity contribution in [2.24, 2.45) is 4.99 Å². The maximum absolute atomic E-state index is 12.7. The number of phenolic OH excluding ortho intramolecular Hbond substituents is 1. The van der Waals surface area contributed by atoms with Gasteiger partial charge in [-0.05, 0) is 49.1 Å². The summed E-state index contributed by atoms with van der Waals surface area (Å²) in [5.74, 6) is 1.36. The number of fused-ring (bicyclic) bond motifs is 2. The standard InChI is InChI=1S/C21H23N3O2/c1-14-2-7-18-16(12-14)13-24-19(8-9-20(24)23-18)21(26)22-11-10-15-3-5-17(25)6-4-15/h2-7,12,19,25H,8-11,13H2,1H3,(H,22,26). The van der Waals surface area contributed by atoms with Crippen LogP contribution in [0.4, 0.5) is 5.69 Å². The van der Waals surface area contributed by atoms with Crippen LogP contribution in [0.3, 0.4) is 0 Å². The van der Waals surface area contributed by atoms with E-state index in [0.29, 0.717) is 6.54 Å². The Balaban J connectivity index is 1.38. The molecule has 4 rings (SSSR count). The predicted molar refractivity (Wildman–Crippen MR) is 102 cm³/mol. The molecule has 2 aromatic carbocycles. The van der Waals surface area contributed by atoms with Gasteiger partial charge in [0, 0.05) is 19.5 Å². The van der Waals surface area contributed by atoms with E-state index >= 15 is 0 Å². The lowest BCUT2D eigenvalue weighted by Crippen LogP contribution is -2.45. The summed E-state index contributed by atoms with van der Waals surface area (Å²) in [6, 6.07) is 13.3. The van der Waals surface area contributed by atoms with Crippen LogP contribution in [0.25, 0.3) is 0 Å². The summed E-state index contributed by atoms with van der Waals surface area (Å²) in [5.41, 5.74) is 4.54. The van der Waals surface area contributed by atoms with Crippen LogP contribution in [0.2, 0.25) is 0 Å². The summed E-state index contributed by atoms with van der Waals surface area (Å²) in [7, 11) is 0. The van der Waals surface area contributed by atoms with Crippen molar-refractivity contribution in [2.45, 2.75) is 38.8 Å². The van der Waals surface area contributed by atoms with Crippen molar-refractivity contribution in [3.05, 3.63) is 59.2 Å². The van der Waals surface area contributed by atoms with E-state index in [-0.39, 0.29) is 17.7 Å². The van der Waals surface area contributed by atoms with E-state index in [1.165, 1.54) is 11.1 Å². The minimum atomic E-state index is -0.137. The van der Waals surface area contributed by atoms with Gasteiger partial charge in [0.1, 0.15) is 17.6 Å². The zero-order valence-corrected chi connectivity index (χ0v) is 14.9. The molecule has 0 saturated carbocycles. The second-order valence-corrected chi connectivity index (χ2v) is 7.05. The molecular weight excluding hydrogens is 326 g/mol. The Kier molecular flexibility index (Phi) is 4.37. The Morgan fingerprint density at radius 1 is 1.27 bits per heavy atom. The Morgan fingerprint density at radius 2 is 2.08 bits per heavy atom. The van der Waals surface area contributed by atoms with Gasteiger partial charge < -0.3 is 15.3 Å². The SMILES string of the molecule is Cc1ccc2c(c1)CN1C(=N2)CCC1C(=O)NCCc1ccc(O)cc1. The van der Waals surface area contributed by atoms with Crippen molar-refractivity contribution < 1.29 is 9.90 Å². The molecule has 1 amide bonds. The highest BCUT2D eigenvalue weighted by molar-refractivity contribution is 5.95. The second-order valence-electron chi connectivity index (χ2n) is 7.05. The third kappa shape index (κ3) is 3.29. The summed E-state index contributed by atoms with van der Waals surface area (Å²) in [6.07, 6.45) is 2.42. The topological polar surface area (TPSA) is 64.9 Å². The summed E-state index contributed by atoms with van der Waals surface area (Å²) in [6.45, 7) is 3.43. The fourth-order valence-corrected chi connectivity index (χ4v) is 3.72. The molecule has 1 unspecified atom stereocenters. The van der Waals surface area contributed by atoms with Crippen LogP contribution in [0.1, 0.15) is 29.5 Å². The summed E-state index contributed by atoms with van der Waals surface area (Å²) in [4.78, 5) is 19.6. The lowest BCUT2D eigenvalue weighted by molar-refractivity contribution is -0.124. The zero-order valence-electron chi connectivity index (χ0n) is 14.9. The number of nitrogens with one attached hydrogen (secondary N) is 1. The molecule has 2 N–H and O–H groups in total. The third-order valence-corrected chi connectivity index (χ3v) is 5.13. The maximum Gasteiger partial charge on any atom is 0.242 e. The maximum atomic E-state index is 12.7. The molecule has 0 aromatic heterocycles. The molecule has 1 saturated heterocycles. The van der Waals surface area contributed by atoms with Crippen molar-refractivity contribution in [3.8, 4) is 5.75 Å². The number of nitrogens with zero attached hydrogens (tertiary/aromatic N) is 2. The van der Waals surface area contributed by atoms with Crippen LogP contribution in [-0.2, 0) is 17.8 Å². The molecule has 5 nitrogen and oxygen atoms in total.